The van der Waals surface area contributed by atoms with Gasteiger partial charge >= 0.3 is 5.97 Å². The van der Waals surface area contributed by atoms with Crippen molar-refractivity contribution in [1.29, 1.82) is 0 Å². The number of carbonyl (C=O) groups excluding carboxylic acids is 1. The number of hydrogen-bond donors (Lipinski definition) is 0. The molecule has 0 aliphatic heterocycles. The average molecular weight is 354 g/mol. The first kappa shape index (κ1) is 15.4. The van der Waals surface area contributed by atoms with Crippen LogP contribution in [0, 0.1) is 0 Å². The van der Waals surface area contributed by atoms with Crippen LogP contribution < -0.4 is 4.74 Å². The second kappa shape index (κ2) is 5.96. The molecular weight excluding hydrogens is 343 g/mol. The molecular formula is C17H11Cl3O2. The van der Waals surface area contributed by atoms with E-state index in [0.29, 0.717) is 21.2 Å². The van der Waals surface area contributed by atoms with E-state index in [1.807, 2.05) is 24.3 Å². The molecule has 5 heteroatoms. The highest BCUT2D eigenvalue weighted by molar-refractivity contribution is 6.39. The lowest BCUT2D eigenvalue weighted by Crippen LogP contribution is -2.17. The maximum Gasteiger partial charge on any atom is 0.329 e. The van der Waals surface area contributed by atoms with E-state index in [9.17, 15) is 4.79 Å². The zero-order valence-corrected chi connectivity index (χ0v) is 13.8. The van der Waals surface area contributed by atoms with Gasteiger partial charge in [0.25, 0.3) is 0 Å². The third-order valence-corrected chi connectivity index (χ3v) is 4.22. The molecule has 112 valence electrons. The molecule has 3 aromatic carbocycles. The van der Waals surface area contributed by atoms with Crippen LogP contribution in [-0.4, -0.2) is 11.3 Å². The summed E-state index contributed by atoms with van der Waals surface area (Å²) in [5.41, 5.74) is 0. The number of rotatable bonds is 2. The monoisotopic (exact) mass is 352 g/mol. The first-order chi connectivity index (χ1) is 10.5. The summed E-state index contributed by atoms with van der Waals surface area (Å²) in [7, 11) is 0. The summed E-state index contributed by atoms with van der Waals surface area (Å²) in [6, 6.07) is 12.8. The second-order valence-corrected chi connectivity index (χ2v) is 6.38. The Hall–Kier alpha value is -1.48. The molecule has 0 saturated carbocycles. The number of halogens is 3. The van der Waals surface area contributed by atoms with Crippen molar-refractivity contribution >= 4 is 62.3 Å². The number of fused-ring (bicyclic) bond motifs is 2. The molecule has 0 fully saturated rings. The summed E-state index contributed by atoms with van der Waals surface area (Å²) in [5.74, 6) is -0.145. The zero-order valence-electron chi connectivity index (χ0n) is 11.6. The maximum absolute atomic E-state index is 12.0. The quantitative estimate of drug-likeness (QED) is 0.251. The van der Waals surface area contributed by atoms with Gasteiger partial charge in [-0.3, -0.25) is 4.79 Å². The van der Waals surface area contributed by atoms with Crippen molar-refractivity contribution in [3.63, 3.8) is 0 Å². The van der Waals surface area contributed by atoms with E-state index in [0.717, 1.165) is 16.2 Å². The van der Waals surface area contributed by atoms with Crippen LogP contribution in [0.25, 0.3) is 21.5 Å². The summed E-state index contributed by atoms with van der Waals surface area (Å²) in [6.07, 6.45) is 0. The molecule has 0 heterocycles. The molecule has 3 rings (SSSR count). The minimum atomic E-state index is -0.757. The predicted octanol–water partition coefficient (Wildman–Crippen LogP) is 5.83. The highest BCUT2D eigenvalue weighted by Gasteiger charge is 2.18. The molecule has 0 amide bonds. The van der Waals surface area contributed by atoms with Gasteiger partial charge in [-0.2, -0.15) is 0 Å². The maximum atomic E-state index is 12.0. The van der Waals surface area contributed by atoms with Crippen LogP contribution >= 0.6 is 34.8 Å². The first-order valence-electron chi connectivity index (χ1n) is 6.64. The number of benzene rings is 3. The number of alkyl halides is 1. The molecule has 0 aliphatic rings. The third kappa shape index (κ3) is 2.63. The van der Waals surface area contributed by atoms with Gasteiger partial charge in [0.05, 0.1) is 5.02 Å². The Balaban J connectivity index is 2.41. The van der Waals surface area contributed by atoms with Gasteiger partial charge < -0.3 is 4.74 Å². The lowest BCUT2D eigenvalue weighted by Gasteiger charge is -2.14. The minimum Gasteiger partial charge on any atom is -0.424 e. The molecule has 0 spiro atoms. The molecule has 0 saturated heterocycles. The van der Waals surface area contributed by atoms with Crippen LogP contribution in [0.5, 0.6) is 5.75 Å². The molecule has 2 nitrogen and oxygen atoms in total. The van der Waals surface area contributed by atoms with Crippen molar-refractivity contribution in [2.75, 3.05) is 0 Å². The van der Waals surface area contributed by atoms with Gasteiger partial charge in [-0.15, -0.1) is 11.6 Å². The fraction of sp³-hybridized carbons (Fsp3) is 0.118. The predicted molar refractivity (Wildman–Crippen MR) is 92.4 cm³/mol. The molecule has 0 N–H and O–H groups in total. The zero-order chi connectivity index (χ0) is 15.9. The van der Waals surface area contributed by atoms with Gasteiger partial charge in [-0.25, -0.2) is 0 Å². The van der Waals surface area contributed by atoms with E-state index >= 15 is 0 Å². The average Bonchev–Trinajstić information content (AvgIpc) is 2.48. The Bertz CT molecular complexity index is 888. The summed E-state index contributed by atoms with van der Waals surface area (Å²) in [5, 5.41) is 3.36. The Morgan fingerprint density at radius 1 is 1.05 bits per heavy atom. The van der Waals surface area contributed by atoms with Crippen LogP contribution in [0.3, 0.4) is 0 Å². The van der Waals surface area contributed by atoms with Crippen molar-refractivity contribution in [3.05, 3.63) is 52.5 Å². The lowest BCUT2D eigenvalue weighted by molar-refractivity contribution is -0.133. The topological polar surface area (TPSA) is 26.3 Å². The van der Waals surface area contributed by atoms with Crippen molar-refractivity contribution in [1.82, 2.24) is 0 Å². The third-order valence-electron chi connectivity index (χ3n) is 3.40. The Morgan fingerprint density at radius 3 is 2.45 bits per heavy atom. The molecule has 1 unspecified atom stereocenters. The van der Waals surface area contributed by atoms with Crippen molar-refractivity contribution < 1.29 is 9.53 Å². The van der Waals surface area contributed by atoms with Crippen molar-refractivity contribution in [3.8, 4) is 5.75 Å². The van der Waals surface area contributed by atoms with Crippen LogP contribution in [0.1, 0.15) is 6.92 Å². The summed E-state index contributed by atoms with van der Waals surface area (Å²) in [6.45, 7) is 1.56. The van der Waals surface area contributed by atoms with E-state index in [2.05, 4.69) is 0 Å². The van der Waals surface area contributed by atoms with E-state index in [-0.39, 0.29) is 0 Å². The van der Waals surface area contributed by atoms with E-state index in [1.54, 1.807) is 25.1 Å². The smallest absolute Gasteiger partial charge is 0.329 e. The van der Waals surface area contributed by atoms with E-state index < -0.39 is 11.3 Å². The van der Waals surface area contributed by atoms with Gasteiger partial charge in [-0.1, -0.05) is 47.5 Å². The first-order valence-corrected chi connectivity index (χ1v) is 7.83. The van der Waals surface area contributed by atoms with Crippen LogP contribution in [0.4, 0.5) is 0 Å². The number of ether oxygens (including phenoxy) is 1. The fourth-order valence-corrected chi connectivity index (χ4v) is 2.90. The summed E-state index contributed by atoms with van der Waals surface area (Å²) < 4.78 is 5.52. The van der Waals surface area contributed by atoms with Crippen molar-refractivity contribution in [2.45, 2.75) is 12.3 Å². The number of hydrogen-bond acceptors (Lipinski definition) is 2. The number of carbonyl (C=O) groups is 1. The second-order valence-electron chi connectivity index (χ2n) is 4.92. The van der Waals surface area contributed by atoms with Crippen LogP contribution in [0.15, 0.2) is 42.5 Å². The van der Waals surface area contributed by atoms with Gasteiger partial charge in [0, 0.05) is 21.2 Å². The Kier molecular flexibility index (Phi) is 4.18. The standard InChI is InChI=1S/C17H11Cl3O2/c1-9(18)17(21)22-16-11-5-3-6-13(19)12(11)8-10-4-2-7-14(20)15(10)16/h2-9H,1H3. The Labute approximate surface area is 142 Å². The highest BCUT2D eigenvalue weighted by Crippen LogP contribution is 2.41. The molecule has 0 aromatic heterocycles. The molecule has 0 bridgehead atoms. The van der Waals surface area contributed by atoms with Gasteiger partial charge in [0.2, 0.25) is 0 Å². The van der Waals surface area contributed by atoms with Crippen LogP contribution in [-0.2, 0) is 4.79 Å². The SMILES string of the molecule is CC(Cl)C(=O)Oc1c2cccc(Cl)c2cc2cccc(Cl)c12. The summed E-state index contributed by atoms with van der Waals surface area (Å²) >= 11 is 18.4. The largest absolute Gasteiger partial charge is 0.424 e. The highest BCUT2D eigenvalue weighted by atomic mass is 35.5. The lowest BCUT2D eigenvalue weighted by atomic mass is 10.0. The molecule has 3 aromatic rings. The molecule has 0 aliphatic carbocycles. The fourth-order valence-electron chi connectivity index (χ4n) is 2.36. The molecule has 22 heavy (non-hydrogen) atoms. The van der Waals surface area contributed by atoms with Gasteiger partial charge in [0.15, 0.2) is 0 Å². The van der Waals surface area contributed by atoms with Gasteiger partial charge in [0.1, 0.15) is 11.1 Å². The summed E-state index contributed by atoms with van der Waals surface area (Å²) in [4.78, 5) is 12.0. The van der Waals surface area contributed by atoms with Gasteiger partial charge in [-0.05, 0) is 30.5 Å². The molecule has 1 atom stereocenters. The van der Waals surface area contributed by atoms with Crippen molar-refractivity contribution in [2.24, 2.45) is 0 Å². The normalized spacial score (nSPS) is 12.5. The molecule has 0 radical (unpaired) electrons. The minimum absolute atomic E-state index is 0.387. The van der Waals surface area contributed by atoms with E-state index in [1.165, 1.54) is 0 Å². The van der Waals surface area contributed by atoms with E-state index in [4.69, 9.17) is 39.5 Å². The number of esters is 1. The Morgan fingerprint density at radius 2 is 1.73 bits per heavy atom. The van der Waals surface area contributed by atoms with Crippen LogP contribution in [0.2, 0.25) is 10.0 Å².